The number of hydrogen-bond acceptors (Lipinski definition) is 2. The van der Waals surface area contributed by atoms with E-state index in [1.165, 1.54) is 18.4 Å². The Hall–Kier alpha value is -1.31. The van der Waals surface area contributed by atoms with Gasteiger partial charge in [-0.25, -0.2) is 0 Å². The average Bonchev–Trinajstić information content (AvgIpc) is 3.10. The Kier molecular flexibility index (Phi) is 10.1. The van der Waals surface area contributed by atoms with Crippen LogP contribution < -0.4 is 5.32 Å². The van der Waals surface area contributed by atoms with Crippen LogP contribution in [0, 0.1) is 0 Å². The molecule has 6 heteroatoms. The fourth-order valence-corrected chi connectivity index (χ4v) is 4.10. The van der Waals surface area contributed by atoms with Gasteiger partial charge in [0.25, 0.3) is 0 Å². The lowest BCUT2D eigenvalue weighted by Crippen LogP contribution is -2.40. The second kappa shape index (κ2) is 12.3. The van der Waals surface area contributed by atoms with Crippen LogP contribution >= 0.6 is 24.0 Å². The summed E-state index contributed by atoms with van der Waals surface area (Å²) in [5, 5.41) is 3.45. The molecule has 1 aromatic rings. The zero-order valence-corrected chi connectivity index (χ0v) is 19.4. The number of amides is 1. The maximum Gasteiger partial charge on any atom is 0.222 e. The Bertz CT molecular complexity index is 622. The van der Waals surface area contributed by atoms with Gasteiger partial charge in [-0.2, -0.15) is 0 Å². The molecule has 5 nitrogen and oxygen atoms in total. The van der Waals surface area contributed by atoms with Crippen LogP contribution in [0.4, 0.5) is 0 Å². The molecule has 2 aliphatic heterocycles. The van der Waals surface area contributed by atoms with Crippen molar-refractivity contribution in [3.05, 3.63) is 35.9 Å². The van der Waals surface area contributed by atoms with Crippen molar-refractivity contribution >= 4 is 35.8 Å². The number of rotatable bonds is 6. The first-order valence-corrected chi connectivity index (χ1v) is 10.6. The third-order valence-electron chi connectivity index (χ3n) is 5.61. The lowest BCUT2D eigenvalue weighted by Gasteiger charge is -2.22. The van der Waals surface area contributed by atoms with Crippen LogP contribution in [-0.4, -0.2) is 60.9 Å². The molecule has 1 unspecified atom stereocenters. The van der Waals surface area contributed by atoms with Crippen LogP contribution in [0.15, 0.2) is 35.3 Å². The summed E-state index contributed by atoms with van der Waals surface area (Å²) >= 11 is 0. The number of guanidine groups is 1. The number of benzene rings is 1. The average molecular weight is 498 g/mol. The third-order valence-corrected chi connectivity index (χ3v) is 5.61. The quantitative estimate of drug-likeness (QED) is 0.281. The maximum absolute atomic E-state index is 12.1. The zero-order chi connectivity index (χ0) is 18.9. The Morgan fingerprint density at radius 3 is 2.79 bits per heavy atom. The Morgan fingerprint density at radius 2 is 2.00 bits per heavy atom. The summed E-state index contributed by atoms with van der Waals surface area (Å²) in [5.41, 5.74) is 1.43. The molecule has 1 N–H and O–H groups in total. The molecule has 0 spiro atoms. The van der Waals surface area contributed by atoms with Crippen molar-refractivity contribution < 1.29 is 4.79 Å². The molecule has 0 aromatic heterocycles. The van der Waals surface area contributed by atoms with Crippen LogP contribution in [-0.2, 0) is 4.79 Å². The molecule has 0 saturated carbocycles. The van der Waals surface area contributed by atoms with Gasteiger partial charge in [0.05, 0.1) is 0 Å². The number of likely N-dealkylation sites (tertiary alicyclic amines) is 2. The molecule has 0 bridgehead atoms. The van der Waals surface area contributed by atoms with Crippen molar-refractivity contribution in [2.75, 3.05) is 39.3 Å². The molecular weight excluding hydrogens is 463 g/mol. The van der Waals surface area contributed by atoms with Crippen molar-refractivity contribution in [2.24, 2.45) is 4.99 Å². The van der Waals surface area contributed by atoms with E-state index in [0.29, 0.717) is 11.8 Å². The van der Waals surface area contributed by atoms with E-state index in [4.69, 9.17) is 4.99 Å². The molecule has 2 fully saturated rings. The number of nitrogens with zero attached hydrogens (tertiary/aromatic N) is 3. The van der Waals surface area contributed by atoms with Gasteiger partial charge >= 0.3 is 0 Å². The van der Waals surface area contributed by atoms with Crippen LogP contribution in [0.1, 0.15) is 56.9 Å². The molecule has 2 aliphatic rings. The van der Waals surface area contributed by atoms with Crippen molar-refractivity contribution in [2.45, 2.75) is 51.4 Å². The first-order valence-electron chi connectivity index (χ1n) is 10.6. The van der Waals surface area contributed by atoms with E-state index in [9.17, 15) is 4.79 Å². The largest absolute Gasteiger partial charge is 0.357 e. The van der Waals surface area contributed by atoms with Crippen LogP contribution in [0.3, 0.4) is 0 Å². The number of halogens is 1. The summed E-state index contributed by atoms with van der Waals surface area (Å²) in [6, 6.07) is 10.8. The van der Waals surface area contributed by atoms with Crippen LogP contribution in [0.25, 0.3) is 0 Å². The van der Waals surface area contributed by atoms with E-state index in [2.05, 4.69) is 47.5 Å². The van der Waals surface area contributed by atoms with E-state index in [1.54, 1.807) is 0 Å². The molecule has 0 radical (unpaired) electrons. The highest BCUT2D eigenvalue weighted by atomic mass is 127. The van der Waals surface area contributed by atoms with Gasteiger partial charge in [-0.3, -0.25) is 9.79 Å². The summed E-state index contributed by atoms with van der Waals surface area (Å²) in [5.74, 6) is 1.94. The van der Waals surface area contributed by atoms with Gasteiger partial charge in [-0.05, 0) is 38.2 Å². The standard InChI is InChI=1S/C22H34N4O.HI/c1-2-23-22(24-14-9-16-25-15-8-4-7-12-21(25)27)26-17-13-20(18-26)19-10-5-3-6-11-19;/h3,5-6,10-11,20H,2,4,7-9,12-18H2,1H3,(H,23,24);1H. The molecule has 1 atom stereocenters. The number of carbonyl (C=O) groups excluding carboxylic acids is 1. The topological polar surface area (TPSA) is 47.9 Å². The molecule has 28 heavy (non-hydrogen) atoms. The van der Waals surface area contributed by atoms with Crippen molar-refractivity contribution in [3.8, 4) is 0 Å². The summed E-state index contributed by atoms with van der Waals surface area (Å²) in [6.07, 6.45) is 6.22. The van der Waals surface area contributed by atoms with E-state index in [1.807, 2.05) is 4.90 Å². The van der Waals surface area contributed by atoms with E-state index < -0.39 is 0 Å². The minimum absolute atomic E-state index is 0. The molecular formula is C22H35IN4O. The van der Waals surface area contributed by atoms with E-state index in [0.717, 1.165) is 70.9 Å². The van der Waals surface area contributed by atoms with Gasteiger partial charge in [0.15, 0.2) is 5.96 Å². The predicted molar refractivity (Wildman–Crippen MR) is 126 cm³/mol. The minimum atomic E-state index is 0. The highest BCUT2D eigenvalue weighted by Gasteiger charge is 2.25. The molecule has 2 saturated heterocycles. The second-order valence-corrected chi connectivity index (χ2v) is 7.62. The lowest BCUT2D eigenvalue weighted by atomic mass is 9.99. The number of nitrogens with one attached hydrogen (secondary N) is 1. The number of hydrogen-bond donors (Lipinski definition) is 1. The zero-order valence-electron chi connectivity index (χ0n) is 17.1. The number of aliphatic imine (C=N–C) groups is 1. The van der Waals surface area contributed by atoms with E-state index in [-0.39, 0.29) is 24.0 Å². The highest BCUT2D eigenvalue weighted by Crippen LogP contribution is 2.26. The van der Waals surface area contributed by atoms with Gasteiger partial charge in [0.1, 0.15) is 0 Å². The third kappa shape index (κ3) is 6.64. The van der Waals surface area contributed by atoms with Crippen LogP contribution in [0.2, 0.25) is 0 Å². The molecule has 1 amide bonds. The first-order chi connectivity index (χ1) is 13.3. The Balaban J connectivity index is 0.00000280. The summed E-state index contributed by atoms with van der Waals surface area (Å²) in [4.78, 5) is 21.4. The first kappa shape index (κ1) is 23.0. The molecule has 2 heterocycles. The van der Waals surface area contributed by atoms with Gasteiger partial charge in [-0.1, -0.05) is 36.8 Å². The summed E-state index contributed by atoms with van der Waals surface area (Å²) in [6.45, 7) is 7.63. The van der Waals surface area contributed by atoms with Gasteiger partial charge in [0, 0.05) is 51.6 Å². The van der Waals surface area contributed by atoms with Gasteiger partial charge in [0.2, 0.25) is 5.91 Å². The number of carbonyl (C=O) groups is 1. The fraction of sp³-hybridized carbons (Fsp3) is 0.636. The SMILES string of the molecule is CCNC(=NCCCN1CCCCCC1=O)N1CCC(c2ccccc2)C1.I. The molecule has 3 rings (SSSR count). The summed E-state index contributed by atoms with van der Waals surface area (Å²) in [7, 11) is 0. The Labute approximate surface area is 187 Å². The van der Waals surface area contributed by atoms with Crippen molar-refractivity contribution in [3.63, 3.8) is 0 Å². The smallest absolute Gasteiger partial charge is 0.222 e. The van der Waals surface area contributed by atoms with Gasteiger partial charge < -0.3 is 15.1 Å². The van der Waals surface area contributed by atoms with Crippen molar-refractivity contribution in [1.29, 1.82) is 0 Å². The second-order valence-electron chi connectivity index (χ2n) is 7.62. The predicted octanol–water partition coefficient (Wildman–Crippen LogP) is 3.85. The van der Waals surface area contributed by atoms with Gasteiger partial charge in [-0.15, -0.1) is 24.0 Å². The minimum Gasteiger partial charge on any atom is -0.357 e. The Morgan fingerprint density at radius 1 is 1.18 bits per heavy atom. The van der Waals surface area contributed by atoms with Crippen LogP contribution in [0.5, 0.6) is 0 Å². The monoisotopic (exact) mass is 498 g/mol. The maximum atomic E-state index is 12.1. The normalized spacial score (nSPS) is 20.7. The molecule has 0 aliphatic carbocycles. The highest BCUT2D eigenvalue weighted by molar-refractivity contribution is 14.0. The molecule has 156 valence electrons. The fourth-order valence-electron chi connectivity index (χ4n) is 4.10. The summed E-state index contributed by atoms with van der Waals surface area (Å²) < 4.78 is 0. The van der Waals surface area contributed by atoms with Crippen molar-refractivity contribution in [1.82, 2.24) is 15.1 Å². The lowest BCUT2D eigenvalue weighted by molar-refractivity contribution is -0.130. The van der Waals surface area contributed by atoms with E-state index >= 15 is 0 Å². The molecule has 1 aromatic carbocycles.